The van der Waals surface area contributed by atoms with Crippen LogP contribution in [0.3, 0.4) is 0 Å². The minimum atomic E-state index is -4.67. The number of aromatic nitrogens is 3. The largest absolute Gasteiger partial charge is 0.417 e. The second kappa shape index (κ2) is 7.64. The Balaban J connectivity index is 1.70. The molecule has 2 atom stereocenters. The van der Waals surface area contributed by atoms with Crippen molar-refractivity contribution in [2.45, 2.75) is 32.0 Å². The Labute approximate surface area is 180 Å². The molecule has 0 fully saturated rings. The lowest BCUT2D eigenvalue weighted by molar-refractivity contribution is -0.137. The third kappa shape index (κ3) is 3.67. The fourth-order valence-corrected chi connectivity index (χ4v) is 4.16. The van der Waals surface area contributed by atoms with E-state index in [0.717, 1.165) is 17.8 Å². The number of carbonyl (C=O) groups excluding carboxylic acids is 1. The second-order valence-electron chi connectivity index (χ2n) is 7.45. The maximum Gasteiger partial charge on any atom is 0.417 e. The smallest absolute Gasteiger partial charge is 0.329 e. The van der Waals surface area contributed by atoms with E-state index in [9.17, 15) is 22.4 Å². The molecule has 0 radical (unpaired) electrons. The monoisotopic (exact) mass is 452 g/mol. The number of rotatable bonds is 2. The predicted octanol–water partition coefficient (Wildman–Crippen LogP) is 5.40. The third-order valence-electron chi connectivity index (χ3n) is 5.40. The Hall–Kier alpha value is -2.94. The highest BCUT2D eigenvalue weighted by atomic mass is 35.5. The Morgan fingerprint density at radius 2 is 1.81 bits per heavy atom. The van der Waals surface area contributed by atoms with Crippen LogP contribution in [0.1, 0.15) is 53.1 Å². The van der Waals surface area contributed by atoms with E-state index in [1.165, 1.54) is 23.1 Å². The fourth-order valence-electron chi connectivity index (χ4n) is 3.85. The van der Waals surface area contributed by atoms with E-state index in [2.05, 4.69) is 10.3 Å². The molecule has 1 aliphatic rings. The number of nitrogens with zero attached hydrogens (tertiary/aromatic N) is 4. The summed E-state index contributed by atoms with van der Waals surface area (Å²) in [7, 11) is 0. The first-order valence-electron chi connectivity index (χ1n) is 9.47. The number of hydrogen-bond donors (Lipinski definition) is 0. The highest BCUT2D eigenvalue weighted by Gasteiger charge is 2.39. The first-order chi connectivity index (χ1) is 14.6. The molecule has 0 bridgehead atoms. The van der Waals surface area contributed by atoms with Crippen LogP contribution in [-0.2, 0) is 6.18 Å². The van der Waals surface area contributed by atoms with Gasteiger partial charge in [0.05, 0.1) is 33.6 Å². The molecule has 2 heterocycles. The van der Waals surface area contributed by atoms with Crippen LogP contribution < -0.4 is 0 Å². The standard InChI is InChI=1S/C21H17ClF4N4O/c1-11-10-29(20(31)15-4-3-5-16(17(15)22)21(24,25)26)12(2)18-19(11)30(28-27-18)14-8-6-13(23)7-9-14/h3-9,11-12H,10H2,1-2H3. The van der Waals surface area contributed by atoms with E-state index in [4.69, 9.17) is 11.6 Å². The van der Waals surface area contributed by atoms with Gasteiger partial charge in [-0.2, -0.15) is 13.2 Å². The first kappa shape index (κ1) is 21.3. The number of alkyl halides is 3. The third-order valence-corrected chi connectivity index (χ3v) is 5.81. The summed E-state index contributed by atoms with van der Waals surface area (Å²) in [6, 6.07) is 8.51. The zero-order valence-corrected chi connectivity index (χ0v) is 17.2. The summed E-state index contributed by atoms with van der Waals surface area (Å²) in [6.45, 7) is 3.82. The molecule has 0 N–H and O–H groups in total. The van der Waals surface area contributed by atoms with Crippen LogP contribution >= 0.6 is 11.6 Å². The number of fused-ring (bicyclic) bond motifs is 1. The van der Waals surface area contributed by atoms with Gasteiger partial charge < -0.3 is 4.90 Å². The summed E-state index contributed by atoms with van der Waals surface area (Å²) < 4.78 is 54.5. The van der Waals surface area contributed by atoms with Gasteiger partial charge in [-0.25, -0.2) is 9.07 Å². The van der Waals surface area contributed by atoms with Crippen LogP contribution in [0.25, 0.3) is 5.69 Å². The molecule has 1 amide bonds. The highest BCUT2D eigenvalue weighted by molar-refractivity contribution is 6.34. The maximum absolute atomic E-state index is 13.3. The zero-order valence-electron chi connectivity index (χ0n) is 16.5. The molecular weight excluding hydrogens is 436 g/mol. The highest BCUT2D eigenvalue weighted by Crippen LogP contribution is 2.39. The molecule has 1 aromatic heterocycles. The minimum Gasteiger partial charge on any atom is -0.329 e. The Morgan fingerprint density at radius 3 is 2.45 bits per heavy atom. The SMILES string of the molecule is CC1CN(C(=O)c2cccc(C(F)(F)F)c2Cl)C(C)c2nnn(-c3ccc(F)cc3)c21. The summed E-state index contributed by atoms with van der Waals surface area (Å²) in [4.78, 5) is 14.6. The molecule has 5 nitrogen and oxygen atoms in total. The van der Waals surface area contributed by atoms with Gasteiger partial charge in [-0.1, -0.05) is 29.8 Å². The topological polar surface area (TPSA) is 51.0 Å². The minimum absolute atomic E-state index is 0.218. The molecule has 4 rings (SSSR count). The number of hydrogen-bond acceptors (Lipinski definition) is 3. The van der Waals surface area contributed by atoms with Crippen LogP contribution in [0.2, 0.25) is 5.02 Å². The van der Waals surface area contributed by atoms with Gasteiger partial charge >= 0.3 is 6.18 Å². The van der Waals surface area contributed by atoms with E-state index in [1.54, 1.807) is 23.7 Å². The van der Waals surface area contributed by atoms with Crippen molar-refractivity contribution < 1.29 is 22.4 Å². The molecule has 0 aliphatic carbocycles. The molecule has 31 heavy (non-hydrogen) atoms. The van der Waals surface area contributed by atoms with Crippen molar-refractivity contribution in [3.05, 3.63) is 75.8 Å². The van der Waals surface area contributed by atoms with Crippen LogP contribution in [0, 0.1) is 5.82 Å². The molecule has 3 aromatic rings. The number of halogens is 5. The van der Waals surface area contributed by atoms with Crippen LogP contribution in [-0.4, -0.2) is 32.3 Å². The molecule has 10 heteroatoms. The van der Waals surface area contributed by atoms with Crippen molar-refractivity contribution in [3.63, 3.8) is 0 Å². The quantitative estimate of drug-likeness (QED) is 0.489. The van der Waals surface area contributed by atoms with Crippen molar-refractivity contribution in [2.24, 2.45) is 0 Å². The molecule has 0 spiro atoms. The molecule has 1 aliphatic heterocycles. The average molecular weight is 453 g/mol. The lowest BCUT2D eigenvalue weighted by Crippen LogP contribution is -2.41. The molecule has 0 saturated carbocycles. The van der Waals surface area contributed by atoms with Gasteiger partial charge in [0.2, 0.25) is 0 Å². The molecule has 2 unspecified atom stereocenters. The van der Waals surface area contributed by atoms with Gasteiger partial charge in [0, 0.05) is 12.5 Å². The van der Waals surface area contributed by atoms with Crippen molar-refractivity contribution in [3.8, 4) is 5.69 Å². The van der Waals surface area contributed by atoms with Crippen LogP contribution in [0.15, 0.2) is 42.5 Å². The maximum atomic E-state index is 13.3. The lowest BCUT2D eigenvalue weighted by atomic mass is 9.94. The molecule has 0 saturated heterocycles. The number of benzene rings is 2. The Morgan fingerprint density at radius 1 is 1.13 bits per heavy atom. The number of carbonyl (C=O) groups is 1. The fraction of sp³-hybridized carbons (Fsp3) is 0.286. The Kier molecular flexibility index (Phi) is 5.25. The van der Waals surface area contributed by atoms with E-state index in [1.807, 2.05) is 6.92 Å². The van der Waals surface area contributed by atoms with Crippen LogP contribution in [0.5, 0.6) is 0 Å². The predicted molar refractivity (Wildman–Crippen MR) is 106 cm³/mol. The van der Waals surface area contributed by atoms with E-state index < -0.39 is 28.7 Å². The summed E-state index contributed by atoms with van der Waals surface area (Å²) in [5.41, 5.74) is 0.637. The van der Waals surface area contributed by atoms with Crippen molar-refractivity contribution in [1.29, 1.82) is 0 Å². The van der Waals surface area contributed by atoms with Gasteiger partial charge in [0.15, 0.2) is 0 Å². The summed E-state index contributed by atoms with van der Waals surface area (Å²) >= 11 is 5.96. The number of amides is 1. The average Bonchev–Trinajstić information content (AvgIpc) is 3.16. The summed E-state index contributed by atoms with van der Waals surface area (Å²) in [6.07, 6.45) is -4.67. The molecular formula is C21H17ClF4N4O. The normalized spacial score (nSPS) is 18.7. The van der Waals surface area contributed by atoms with E-state index >= 15 is 0 Å². The zero-order chi connectivity index (χ0) is 22.5. The second-order valence-corrected chi connectivity index (χ2v) is 7.83. The van der Waals surface area contributed by atoms with E-state index in [0.29, 0.717) is 11.4 Å². The van der Waals surface area contributed by atoms with Gasteiger partial charge in [0.25, 0.3) is 5.91 Å². The van der Waals surface area contributed by atoms with Crippen molar-refractivity contribution in [1.82, 2.24) is 19.9 Å². The van der Waals surface area contributed by atoms with E-state index in [-0.39, 0.29) is 23.8 Å². The Bertz CT molecular complexity index is 1140. The first-order valence-corrected chi connectivity index (χ1v) is 9.85. The van der Waals surface area contributed by atoms with Gasteiger partial charge in [-0.3, -0.25) is 4.79 Å². The lowest BCUT2D eigenvalue weighted by Gasteiger charge is -2.36. The van der Waals surface area contributed by atoms with Crippen LogP contribution in [0.4, 0.5) is 17.6 Å². The van der Waals surface area contributed by atoms with Gasteiger partial charge in [-0.15, -0.1) is 5.10 Å². The van der Waals surface area contributed by atoms with Crippen molar-refractivity contribution >= 4 is 17.5 Å². The van der Waals surface area contributed by atoms with Gasteiger partial charge in [0.1, 0.15) is 11.5 Å². The summed E-state index contributed by atoms with van der Waals surface area (Å²) in [5, 5.41) is 7.74. The summed E-state index contributed by atoms with van der Waals surface area (Å²) in [5.74, 6) is -1.22. The molecule has 2 aromatic carbocycles. The van der Waals surface area contributed by atoms with Gasteiger partial charge in [-0.05, 0) is 43.3 Å². The molecule has 162 valence electrons. The van der Waals surface area contributed by atoms with Crippen molar-refractivity contribution in [2.75, 3.05) is 6.54 Å².